The number of amides is 3. The first-order chi connectivity index (χ1) is 17.2. The zero-order valence-corrected chi connectivity index (χ0v) is 20.7. The van der Waals surface area contributed by atoms with Crippen molar-refractivity contribution in [1.29, 1.82) is 0 Å². The van der Waals surface area contributed by atoms with Crippen molar-refractivity contribution in [1.82, 2.24) is 20.0 Å². The van der Waals surface area contributed by atoms with E-state index in [1.807, 2.05) is 57.2 Å². The molecule has 2 N–H and O–H groups in total. The molecule has 1 aliphatic heterocycles. The fourth-order valence-electron chi connectivity index (χ4n) is 3.94. The lowest BCUT2D eigenvalue weighted by molar-refractivity contribution is -0.115. The van der Waals surface area contributed by atoms with E-state index in [-0.39, 0.29) is 30.4 Å². The van der Waals surface area contributed by atoms with Gasteiger partial charge in [0.25, 0.3) is 5.91 Å². The molecule has 4 rings (SSSR count). The highest BCUT2D eigenvalue weighted by Crippen LogP contribution is 2.17. The molecule has 0 bridgehead atoms. The maximum atomic E-state index is 12.9. The van der Waals surface area contributed by atoms with Crippen LogP contribution in [0.15, 0.2) is 67.0 Å². The summed E-state index contributed by atoms with van der Waals surface area (Å²) in [4.78, 5) is 39.1. The second-order valence-electron chi connectivity index (χ2n) is 9.82. The Kier molecular flexibility index (Phi) is 7.38. The summed E-state index contributed by atoms with van der Waals surface area (Å²) < 4.78 is 7.02. The Bertz CT molecular complexity index is 1230. The molecule has 0 saturated carbocycles. The van der Waals surface area contributed by atoms with Crippen LogP contribution in [0.3, 0.4) is 0 Å². The maximum absolute atomic E-state index is 12.9. The molecule has 0 aliphatic carbocycles. The van der Waals surface area contributed by atoms with Crippen molar-refractivity contribution in [2.24, 2.45) is 0 Å². The van der Waals surface area contributed by atoms with E-state index in [2.05, 4.69) is 15.7 Å². The molecule has 3 amide bonds. The zero-order valence-electron chi connectivity index (χ0n) is 20.7. The van der Waals surface area contributed by atoms with E-state index in [0.717, 1.165) is 5.56 Å². The van der Waals surface area contributed by atoms with Crippen LogP contribution in [0.25, 0.3) is 5.69 Å². The average Bonchev–Trinajstić information content (AvgIpc) is 3.48. The van der Waals surface area contributed by atoms with Crippen molar-refractivity contribution in [2.75, 3.05) is 18.4 Å². The molecule has 1 atom stereocenters. The predicted molar refractivity (Wildman–Crippen MR) is 136 cm³/mol. The lowest BCUT2D eigenvalue weighted by Crippen LogP contribution is -2.40. The predicted octanol–water partition coefficient (Wildman–Crippen LogP) is 3.79. The highest BCUT2D eigenvalue weighted by atomic mass is 16.6. The summed E-state index contributed by atoms with van der Waals surface area (Å²) >= 11 is 0. The second-order valence-corrected chi connectivity index (χ2v) is 9.82. The number of aromatic nitrogens is 2. The smallest absolute Gasteiger partial charge is 0.410 e. The fraction of sp³-hybridized carbons (Fsp3) is 0.333. The number of ether oxygens (including phenoxy) is 1. The van der Waals surface area contributed by atoms with E-state index < -0.39 is 5.60 Å². The van der Waals surface area contributed by atoms with Gasteiger partial charge < -0.3 is 20.3 Å². The van der Waals surface area contributed by atoms with Gasteiger partial charge in [0.2, 0.25) is 5.91 Å². The summed E-state index contributed by atoms with van der Waals surface area (Å²) in [5, 5.41) is 10.2. The van der Waals surface area contributed by atoms with Crippen molar-refractivity contribution in [3.8, 4) is 5.69 Å². The summed E-state index contributed by atoms with van der Waals surface area (Å²) in [5.41, 5.74) is 2.11. The highest BCUT2D eigenvalue weighted by Gasteiger charge is 2.30. The van der Waals surface area contributed by atoms with Gasteiger partial charge in [0.15, 0.2) is 0 Å². The summed E-state index contributed by atoms with van der Waals surface area (Å²) in [6.07, 6.45) is 3.84. The average molecular weight is 490 g/mol. The molecule has 3 aromatic rings. The third kappa shape index (κ3) is 6.71. The van der Waals surface area contributed by atoms with Crippen molar-refractivity contribution < 1.29 is 19.1 Å². The monoisotopic (exact) mass is 489 g/mol. The number of benzene rings is 2. The molecule has 1 aliphatic rings. The lowest BCUT2D eigenvalue weighted by atomic mass is 10.1. The molecule has 1 aromatic heterocycles. The standard InChI is InChI=1S/C27H31N5O4/c1-27(2,3)36-26(35)31-13-12-21(17-31)30-25(34)20-10-7-11-23(15-20)32-18-22(16-28-32)29-24(33)14-19-8-5-4-6-9-19/h4-11,15-16,18,21H,12-14,17H2,1-3H3,(H,29,33)(H,30,34)/t21-/m1/s1. The molecule has 9 heteroatoms. The highest BCUT2D eigenvalue weighted by molar-refractivity contribution is 5.95. The van der Waals surface area contributed by atoms with E-state index in [1.165, 1.54) is 0 Å². The first-order valence-electron chi connectivity index (χ1n) is 11.9. The zero-order chi connectivity index (χ0) is 25.7. The van der Waals surface area contributed by atoms with Crippen molar-refractivity contribution in [3.05, 3.63) is 78.1 Å². The number of anilines is 1. The topological polar surface area (TPSA) is 106 Å². The van der Waals surface area contributed by atoms with Crippen molar-refractivity contribution in [3.63, 3.8) is 0 Å². The Morgan fingerprint density at radius 2 is 1.86 bits per heavy atom. The Morgan fingerprint density at radius 1 is 1.08 bits per heavy atom. The van der Waals surface area contributed by atoms with Gasteiger partial charge in [-0.1, -0.05) is 36.4 Å². The number of nitrogens with zero attached hydrogens (tertiary/aromatic N) is 3. The van der Waals surface area contributed by atoms with Crippen molar-refractivity contribution >= 4 is 23.6 Å². The molecule has 36 heavy (non-hydrogen) atoms. The number of carbonyl (C=O) groups is 3. The molecule has 0 spiro atoms. The normalized spacial score (nSPS) is 15.4. The summed E-state index contributed by atoms with van der Waals surface area (Å²) in [7, 11) is 0. The second kappa shape index (κ2) is 10.6. The fourth-order valence-corrected chi connectivity index (χ4v) is 3.94. The van der Waals surface area contributed by atoms with Gasteiger partial charge in [0.1, 0.15) is 5.60 Å². The number of likely N-dealkylation sites (tertiary alicyclic amines) is 1. The SMILES string of the molecule is CC(C)(C)OC(=O)N1CC[C@@H](NC(=O)c2cccc(-n3cc(NC(=O)Cc4ccccc4)cn3)c2)C1. The van der Waals surface area contributed by atoms with Crippen molar-refractivity contribution in [2.45, 2.75) is 45.3 Å². The van der Waals surface area contributed by atoms with Crippen LogP contribution in [-0.4, -0.2) is 57.3 Å². The van der Waals surface area contributed by atoms with Crippen LogP contribution < -0.4 is 10.6 Å². The molecule has 2 heterocycles. The van der Waals surface area contributed by atoms with E-state index in [4.69, 9.17) is 4.74 Å². The Labute approximate surface area is 210 Å². The Balaban J connectivity index is 1.34. The molecule has 2 aromatic carbocycles. The number of hydrogen-bond donors (Lipinski definition) is 2. The van der Waals surface area contributed by atoms with Gasteiger partial charge in [0, 0.05) is 24.7 Å². The van der Waals surface area contributed by atoms with Gasteiger partial charge in [-0.3, -0.25) is 9.59 Å². The number of carbonyl (C=O) groups excluding carboxylic acids is 3. The largest absolute Gasteiger partial charge is 0.444 e. The summed E-state index contributed by atoms with van der Waals surface area (Å²) in [6.45, 7) is 6.43. The van der Waals surface area contributed by atoms with Crippen LogP contribution in [-0.2, 0) is 16.0 Å². The minimum absolute atomic E-state index is 0.133. The third-order valence-corrected chi connectivity index (χ3v) is 5.62. The van der Waals surface area contributed by atoms with Gasteiger partial charge >= 0.3 is 6.09 Å². The first-order valence-corrected chi connectivity index (χ1v) is 11.9. The van der Waals surface area contributed by atoms with Crippen LogP contribution in [0.1, 0.15) is 43.1 Å². The van der Waals surface area contributed by atoms with Gasteiger partial charge in [0.05, 0.1) is 30.2 Å². The van der Waals surface area contributed by atoms with E-state index in [9.17, 15) is 14.4 Å². The van der Waals surface area contributed by atoms with Gasteiger partial charge in [-0.05, 0) is 51.0 Å². The van der Waals surface area contributed by atoms with Crippen LogP contribution in [0, 0.1) is 0 Å². The molecular weight excluding hydrogens is 458 g/mol. The van der Waals surface area contributed by atoms with Gasteiger partial charge in [-0.2, -0.15) is 5.10 Å². The molecular formula is C27H31N5O4. The first kappa shape index (κ1) is 25.0. The number of rotatable bonds is 6. The van der Waals surface area contributed by atoms with E-state index in [1.54, 1.807) is 40.2 Å². The van der Waals surface area contributed by atoms with E-state index in [0.29, 0.717) is 36.4 Å². The molecule has 1 saturated heterocycles. The molecule has 0 unspecified atom stereocenters. The maximum Gasteiger partial charge on any atom is 0.410 e. The minimum Gasteiger partial charge on any atom is -0.444 e. The van der Waals surface area contributed by atoms with E-state index >= 15 is 0 Å². The van der Waals surface area contributed by atoms with Crippen LogP contribution >= 0.6 is 0 Å². The number of nitrogens with one attached hydrogen (secondary N) is 2. The van der Waals surface area contributed by atoms with Crippen LogP contribution in [0.5, 0.6) is 0 Å². The molecule has 188 valence electrons. The molecule has 1 fully saturated rings. The minimum atomic E-state index is -0.560. The van der Waals surface area contributed by atoms with Crippen LogP contribution in [0.2, 0.25) is 0 Å². The number of hydrogen-bond acceptors (Lipinski definition) is 5. The molecule has 9 nitrogen and oxygen atoms in total. The molecule has 0 radical (unpaired) electrons. The Hall–Kier alpha value is -4.14. The van der Waals surface area contributed by atoms with Gasteiger partial charge in [-0.25, -0.2) is 9.48 Å². The Morgan fingerprint density at radius 3 is 2.61 bits per heavy atom. The lowest BCUT2D eigenvalue weighted by Gasteiger charge is -2.24. The van der Waals surface area contributed by atoms with Crippen LogP contribution in [0.4, 0.5) is 10.5 Å². The summed E-state index contributed by atoms with van der Waals surface area (Å²) in [5.74, 6) is -0.359. The van der Waals surface area contributed by atoms with Gasteiger partial charge in [-0.15, -0.1) is 0 Å². The third-order valence-electron chi connectivity index (χ3n) is 5.62. The summed E-state index contributed by atoms with van der Waals surface area (Å²) in [6, 6.07) is 16.4. The quantitative estimate of drug-likeness (QED) is 0.548.